The van der Waals surface area contributed by atoms with Crippen LogP contribution in [0, 0.1) is 0 Å². The zero-order valence-corrected chi connectivity index (χ0v) is 12.0. The third-order valence-corrected chi connectivity index (χ3v) is 2.92. The van der Waals surface area contributed by atoms with Gasteiger partial charge >= 0.3 is 5.97 Å². The van der Waals surface area contributed by atoms with Gasteiger partial charge in [0.15, 0.2) is 5.69 Å². The monoisotopic (exact) mass is 309 g/mol. The maximum atomic E-state index is 12.2. The summed E-state index contributed by atoms with van der Waals surface area (Å²) >= 11 is 5.87. The largest absolute Gasteiger partial charge is 0.495 e. The van der Waals surface area contributed by atoms with Gasteiger partial charge in [-0.2, -0.15) is 5.10 Å². The van der Waals surface area contributed by atoms with Gasteiger partial charge in [-0.3, -0.25) is 9.48 Å². The summed E-state index contributed by atoms with van der Waals surface area (Å²) in [7, 11) is 2.98. The van der Waals surface area contributed by atoms with Gasteiger partial charge in [0.2, 0.25) is 0 Å². The Balaban J connectivity index is 2.34. The van der Waals surface area contributed by atoms with Crippen LogP contribution >= 0.6 is 11.6 Å². The summed E-state index contributed by atoms with van der Waals surface area (Å²) in [5.41, 5.74) is -0.0417. The number of carbonyl (C=O) groups is 2. The molecule has 8 heteroatoms. The lowest BCUT2D eigenvalue weighted by Gasteiger charge is -2.09. The van der Waals surface area contributed by atoms with E-state index < -0.39 is 11.9 Å². The molecule has 0 atom stereocenters. The molecule has 7 nitrogen and oxygen atoms in total. The van der Waals surface area contributed by atoms with Crippen molar-refractivity contribution in [3.8, 4) is 5.75 Å². The van der Waals surface area contributed by atoms with Crippen molar-refractivity contribution in [2.75, 3.05) is 12.4 Å². The molecule has 1 aromatic carbocycles. The first-order valence-electron chi connectivity index (χ1n) is 5.84. The summed E-state index contributed by atoms with van der Waals surface area (Å²) in [6.45, 7) is 0. The van der Waals surface area contributed by atoms with Crippen molar-refractivity contribution in [3.05, 3.63) is 40.7 Å². The number of rotatable bonds is 4. The molecular formula is C13H12ClN3O4. The average Bonchev–Trinajstić information content (AvgIpc) is 2.81. The summed E-state index contributed by atoms with van der Waals surface area (Å²) in [5, 5.41) is 15.9. The van der Waals surface area contributed by atoms with Crippen LogP contribution in [0.3, 0.4) is 0 Å². The van der Waals surface area contributed by atoms with Crippen molar-refractivity contribution in [2.45, 2.75) is 0 Å². The maximum absolute atomic E-state index is 12.2. The second-order valence-corrected chi connectivity index (χ2v) is 4.61. The Morgan fingerprint density at radius 3 is 2.76 bits per heavy atom. The molecule has 0 saturated heterocycles. The fraction of sp³-hybridized carbons (Fsp3) is 0.154. The van der Waals surface area contributed by atoms with Gasteiger partial charge in [-0.15, -0.1) is 0 Å². The first-order chi connectivity index (χ1) is 9.92. The zero-order valence-electron chi connectivity index (χ0n) is 11.3. The van der Waals surface area contributed by atoms with Crippen molar-refractivity contribution in [2.24, 2.45) is 7.05 Å². The van der Waals surface area contributed by atoms with E-state index in [1.165, 1.54) is 31.1 Å². The van der Waals surface area contributed by atoms with Crippen LogP contribution in [0.25, 0.3) is 0 Å². The molecule has 0 saturated carbocycles. The molecule has 0 fully saturated rings. The number of aryl methyl sites for hydroxylation is 1. The first-order valence-corrected chi connectivity index (χ1v) is 6.22. The lowest BCUT2D eigenvalue weighted by molar-refractivity contribution is 0.0692. The van der Waals surface area contributed by atoms with E-state index in [1.807, 2.05) is 0 Å². The number of carboxylic acid groups (broad SMARTS) is 1. The number of aromatic nitrogens is 2. The van der Waals surface area contributed by atoms with E-state index in [1.54, 1.807) is 12.1 Å². The third kappa shape index (κ3) is 3.14. The van der Waals surface area contributed by atoms with Crippen molar-refractivity contribution in [1.29, 1.82) is 0 Å². The molecule has 2 N–H and O–H groups in total. The molecule has 0 spiro atoms. The summed E-state index contributed by atoms with van der Waals surface area (Å²) < 4.78 is 6.36. The molecule has 0 bridgehead atoms. The second kappa shape index (κ2) is 5.84. The fourth-order valence-corrected chi connectivity index (χ4v) is 1.94. The number of amides is 1. The normalized spacial score (nSPS) is 10.2. The van der Waals surface area contributed by atoms with E-state index in [4.69, 9.17) is 21.4 Å². The lowest BCUT2D eigenvalue weighted by atomic mass is 10.2. The summed E-state index contributed by atoms with van der Waals surface area (Å²) in [4.78, 5) is 23.3. The van der Waals surface area contributed by atoms with E-state index in [2.05, 4.69) is 10.4 Å². The summed E-state index contributed by atoms with van der Waals surface area (Å²) in [6, 6.07) is 4.70. The van der Waals surface area contributed by atoms with Crippen LogP contribution in [0.2, 0.25) is 5.02 Å². The first kappa shape index (κ1) is 14.9. The van der Waals surface area contributed by atoms with Crippen molar-refractivity contribution >= 4 is 29.2 Å². The van der Waals surface area contributed by atoms with Gasteiger partial charge in [-0.05, 0) is 18.2 Å². The number of carbonyl (C=O) groups excluding carboxylic acids is 1. The average molecular weight is 310 g/mol. The van der Waals surface area contributed by atoms with Crippen molar-refractivity contribution < 1.29 is 19.4 Å². The lowest BCUT2D eigenvalue weighted by Crippen LogP contribution is -2.16. The van der Waals surface area contributed by atoms with Crippen LogP contribution in [0.1, 0.15) is 20.8 Å². The van der Waals surface area contributed by atoms with Crippen molar-refractivity contribution in [3.63, 3.8) is 0 Å². The molecule has 0 radical (unpaired) electrons. The molecule has 1 amide bonds. The van der Waals surface area contributed by atoms with E-state index in [9.17, 15) is 9.59 Å². The number of anilines is 1. The van der Waals surface area contributed by atoms with Crippen LogP contribution in [0.15, 0.2) is 24.4 Å². The minimum absolute atomic E-state index is 0.184. The SMILES string of the molecule is COc1ccc(Cl)cc1NC(=O)c1nn(C)cc1C(=O)O. The standard InChI is InChI=1S/C13H12ClN3O4/c1-17-6-8(13(19)20)11(16-17)12(18)15-9-5-7(14)3-4-10(9)21-2/h3-6H,1-2H3,(H,15,18)(H,19,20). The van der Waals surface area contributed by atoms with E-state index >= 15 is 0 Å². The molecular weight excluding hydrogens is 298 g/mol. The fourth-order valence-electron chi connectivity index (χ4n) is 1.77. The number of ether oxygens (including phenoxy) is 1. The Bertz CT molecular complexity index is 711. The topological polar surface area (TPSA) is 93.5 Å². The van der Waals surface area contributed by atoms with Crippen LogP contribution < -0.4 is 10.1 Å². The second-order valence-electron chi connectivity index (χ2n) is 4.17. The predicted octanol–water partition coefficient (Wildman–Crippen LogP) is 2.03. The Kier molecular flexibility index (Phi) is 4.13. The number of carboxylic acids is 1. The van der Waals surface area contributed by atoms with Crippen LogP contribution in [-0.2, 0) is 7.05 Å². The zero-order chi connectivity index (χ0) is 15.6. The van der Waals surface area contributed by atoms with E-state index in [0.717, 1.165) is 0 Å². The molecule has 21 heavy (non-hydrogen) atoms. The van der Waals surface area contributed by atoms with Crippen molar-refractivity contribution in [1.82, 2.24) is 9.78 Å². The van der Waals surface area contributed by atoms with Gasteiger partial charge < -0.3 is 15.2 Å². The van der Waals surface area contributed by atoms with Gasteiger partial charge in [0.05, 0.1) is 12.8 Å². The molecule has 0 aliphatic heterocycles. The number of methoxy groups -OCH3 is 1. The smallest absolute Gasteiger partial charge is 0.339 e. The van der Waals surface area contributed by atoms with Gasteiger partial charge in [0.25, 0.3) is 5.91 Å². The van der Waals surface area contributed by atoms with Gasteiger partial charge in [-0.1, -0.05) is 11.6 Å². The molecule has 2 rings (SSSR count). The number of aromatic carboxylic acids is 1. The number of nitrogens with zero attached hydrogens (tertiary/aromatic N) is 2. The highest BCUT2D eigenvalue weighted by Crippen LogP contribution is 2.28. The highest BCUT2D eigenvalue weighted by molar-refractivity contribution is 6.31. The van der Waals surface area contributed by atoms with Gasteiger partial charge in [0, 0.05) is 18.3 Å². The molecule has 0 unspecified atom stereocenters. The number of nitrogens with one attached hydrogen (secondary N) is 1. The van der Waals surface area contributed by atoms with Crippen LogP contribution in [0.4, 0.5) is 5.69 Å². The Morgan fingerprint density at radius 2 is 2.14 bits per heavy atom. The number of benzene rings is 1. The minimum atomic E-state index is -1.23. The summed E-state index contributed by atoms with van der Waals surface area (Å²) in [5.74, 6) is -1.49. The highest BCUT2D eigenvalue weighted by atomic mass is 35.5. The van der Waals surface area contributed by atoms with Gasteiger partial charge in [-0.25, -0.2) is 4.79 Å². The maximum Gasteiger partial charge on any atom is 0.339 e. The Morgan fingerprint density at radius 1 is 1.43 bits per heavy atom. The van der Waals surface area contributed by atoms with Gasteiger partial charge in [0.1, 0.15) is 11.3 Å². The van der Waals surface area contributed by atoms with E-state index in [-0.39, 0.29) is 11.3 Å². The Hall–Kier alpha value is -2.54. The molecule has 0 aliphatic rings. The highest BCUT2D eigenvalue weighted by Gasteiger charge is 2.22. The summed E-state index contributed by atoms with van der Waals surface area (Å²) in [6.07, 6.45) is 1.26. The minimum Gasteiger partial charge on any atom is -0.495 e. The Labute approximate surface area is 125 Å². The molecule has 110 valence electrons. The molecule has 1 heterocycles. The van der Waals surface area contributed by atoms with E-state index in [0.29, 0.717) is 16.5 Å². The molecule has 1 aromatic heterocycles. The number of hydrogen-bond acceptors (Lipinski definition) is 4. The quantitative estimate of drug-likeness (QED) is 0.901. The van der Waals surface area contributed by atoms with Crippen LogP contribution in [0.5, 0.6) is 5.75 Å². The predicted molar refractivity (Wildman–Crippen MR) is 76.1 cm³/mol. The third-order valence-electron chi connectivity index (χ3n) is 2.68. The number of hydrogen-bond donors (Lipinski definition) is 2. The molecule has 2 aromatic rings. The van der Waals surface area contributed by atoms with Crippen LogP contribution in [-0.4, -0.2) is 33.9 Å². The number of halogens is 1. The molecule has 0 aliphatic carbocycles.